The van der Waals surface area contributed by atoms with Crippen molar-refractivity contribution in [1.29, 1.82) is 0 Å². The minimum atomic E-state index is -1.46. The summed E-state index contributed by atoms with van der Waals surface area (Å²) in [5.41, 5.74) is -1.46. The summed E-state index contributed by atoms with van der Waals surface area (Å²) in [6, 6.07) is 0. The Hall–Kier alpha value is -1.14. The highest BCUT2D eigenvalue weighted by Gasteiger charge is 2.65. The normalized spacial score (nSPS) is 36.5. The molecule has 3 atom stereocenters. The molecule has 1 unspecified atom stereocenters. The van der Waals surface area contributed by atoms with Gasteiger partial charge in [0, 0.05) is 13.7 Å². The van der Waals surface area contributed by atoms with E-state index in [-0.39, 0.29) is 45.2 Å². The summed E-state index contributed by atoms with van der Waals surface area (Å²) < 4.78 is 30.3. The van der Waals surface area contributed by atoms with Crippen molar-refractivity contribution in [3.05, 3.63) is 0 Å². The van der Waals surface area contributed by atoms with Crippen molar-refractivity contribution in [3.8, 4) is 0 Å². The number of carbonyl (C=O) groups excluding carboxylic acids is 2. The molecule has 1 aliphatic carbocycles. The number of hydrogen-bond acceptors (Lipinski definition) is 6. The van der Waals surface area contributed by atoms with Gasteiger partial charge in [0.15, 0.2) is 11.2 Å². The topological polar surface area (TPSA) is 71.1 Å². The zero-order chi connectivity index (χ0) is 18.0. The lowest BCUT2D eigenvalue weighted by Crippen LogP contribution is -2.50. The van der Waals surface area contributed by atoms with E-state index in [0.717, 1.165) is 6.42 Å². The molecule has 0 aromatic rings. The third-order valence-corrected chi connectivity index (χ3v) is 4.56. The Morgan fingerprint density at radius 2 is 1.65 bits per heavy atom. The molecule has 23 heavy (non-hydrogen) atoms. The molecule has 0 aromatic carbocycles. The standard InChI is InChI=1S/C17H28O6/c1-6-20-14(18)16(15(19)21-7-2)9-11(3)17(10-16)22-12(4)8-13(5)23-17/h11-13H,6-10H2,1-5H3/t11?,12-,13-/m0/s1/i3D. The van der Waals surface area contributed by atoms with Crippen LogP contribution < -0.4 is 0 Å². The van der Waals surface area contributed by atoms with Gasteiger partial charge in [-0.15, -0.1) is 0 Å². The average molecular weight is 329 g/mol. The Kier molecular flexibility index (Phi) is 4.92. The Morgan fingerprint density at radius 3 is 2.09 bits per heavy atom. The summed E-state index contributed by atoms with van der Waals surface area (Å²) in [6.07, 6.45) is 0.785. The summed E-state index contributed by atoms with van der Waals surface area (Å²) in [7, 11) is 0. The fourth-order valence-corrected chi connectivity index (χ4v) is 3.69. The number of esters is 2. The van der Waals surface area contributed by atoms with Crippen LogP contribution in [0.4, 0.5) is 0 Å². The van der Waals surface area contributed by atoms with Gasteiger partial charge in [0.05, 0.1) is 25.4 Å². The van der Waals surface area contributed by atoms with Crippen molar-refractivity contribution in [2.24, 2.45) is 11.3 Å². The van der Waals surface area contributed by atoms with Gasteiger partial charge in [-0.1, -0.05) is 6.90 Å². The molecule has 0 aromatic heterocycles. The first-order chi connectivity index (χ1) is 11.3. The van der Waals surface area contributed by atoms with Gasteiger partial charge >= 0.3 is 11.9 Å². The molecule has 1 spiro atoms. The molecule has 6 nitrogen and oxygen atoms in total. The third kappa shape index (κ3) is 3.24. The van der Waals surface area contributed by atoms with Crippen LogP contribution in [0.5, 0.6) is 0 Å². The van der Waals surface area contributed by atoms with Gasteiger partial charge in [0.25, 0.3) is 0 Å². The summed E-state index contributed by atoms with van der Waals surface area (Å²) in [5, 5.41) is 0. The van der Waals surface area contributed by atoms with Gasteiger partial charge in [-0.3, -0.25) is 9.59 Å². The van der Waals surface area contributed by atoms with Crippen LogP contribution in [0.1, 0.15) is 55.2 Å². The summed E-state index contributed by atoms with van der Waals surface area (Å²) in [4.78, 5) is 25.3. The van der Waals surface area contributed by atoms with E-state index in [1.54, 1.807) is 13.8 Å². The van der Waals surface area contributed by atoms with Gasteiger partial charge < -0.3 is 18.9 Å². The second-order valence-electron chi connectivity index (χ2n) is 6.51. The minimum absolute atomic E-state index is 0.000000000000000222. The van der Waals surface area contributed by atoms with Crippen LogP contribution in [0, 0.1) is 11.3 Å². The molecule has 1 aliphatic heterocycles. The van der Waals surface area contributed by atoms with E-state index in [1.165, 1.54) is 0 Å². The second-order valence-corrected chi connectivity index (χ2v) is 6.51. The SMILES string of the molecule is [2H]CC1CC(C(=O)OCC)(C(=O)OCC)CC12O[C@@H](C)C[C@H](C)O2. The lowest BCUT2D eigenvalue weighted by Gasteiger charge is -2.43. The molecule has 6 heteroatoms. The Morgan fingerprint density at radius 1 is 1.13 bits per heavy atom. The maximum absolute atomic E-state index is 12.6. The molecule has 0 radical (unpaired) electrons. The highest BCUT2D eigenvalue weighted by Crippen LogP contribution is 2.54. The molecule has 2 fully saturated rings. The van der Waals surface area contributed by atoms with Gasteiger partial charge in [0.1, 0.15) is 0 Å². The predicted octanol–water partition coefficient (Wildman–Crippen LogP) is 2.44. The zero-order valence-electron chi connectivity index (χ0n) is 15.4. The first-order valence-electron chi connectivity index (χ1n) is 9.03. The lowest BCUT2D eigenvalue weighted by atomic mass is 9.85. The van der Waals surface area contributed by atoms with Crippen molar-refractivity contribution in [1.82, 2.24) is 0 Å². The van der Waals surface area contributed by atoms with E-state index in [4.69, 9.17) is 20.3 Å². The predicted molar refractivity (Wildman–Crippen MR) is 82.5 cm³/mol. The second kappa shape index (κ2) is 6.77. The van der Waals surface area contributed by atoms with Gasteiger partial charge in [-0.05, 0) is 40.5 Å². The Balaban J connectivity index is 2.39. The van der Waals surface area contributed by atoms with Crippen molar-refractivity contribution >= 4 is 11.9 Å². The van der Waals surface area contributed by atoms with Gasteiger partial charge in [-0.2, -0.15) is 0 Å². The highest BCUT2D eigenvalue weighted by molar-refractivity contribution is 6.00. The van der Waals surface area contributed by atoms with E-state index < -0.39 is 29.1 Å². The fourth-order valence-electron chi connectivity index (χ4n) is 3.69. The van der Waals surface area contributed by atoms with Crippen LogP contribution in [0.25, 0.3) is 0 Å². The molecule has 1 heterocycles. The first-order valence-corrected chi connectivity index (χ1v) is 8.32. The molecule has 0 bridgehead atoms. The Bertz CT molecular complexity index is 452. The summed E-state index contributed by atoms with van der Waals surface area (Å²) in [5.74, 6) is -2.73. The quantitative estimate of drug-likeness (QED) is 0.583. The average Bonchev–Trinajstić information content (AvgIpc) is 2.81. The maximum Gasteiger partial charge on any atom is 0.323 e. The minimum Gasteiger partial charge on any atom is -0.465 e. The van der Waals surface area contributed by atoms with Crippen molar-refractivity contribution in [2.45, 2.75) is 71.9 Å². The highest BCUT2D eigenvalue weighted by atomic mass is 16.7. The van der Waals surface area contributed by atoms with Crippen LogP contribution in [-0.4, -0.2) is 43.1 Å². The van der Waals surface area contributed by atoms with Gasteiger partial charge in [0.2, 0.25) is 0 Å². The van der Waals surface area contributed by atoms with Crippen molar-refractivity contribution < 1.29 is 29.9 Å². The molecular formula is C17H28O6. The van der Waals surface area contributed by atoms with E-state index >= 15 is 0 Å². The molecule has 0 amide bonds. The summed E-state index contributed by atoms with van der Waals surface area (Å²) in [6.45, 7) is 7.62. The zero-order valence-corrected chi connectivity index (χ0v) is 14.4. The number of ether oxygens (including phenoxy) is 4. The number of rotatable bonds is 4. The molecule has 1 saturated carbocycles. The van der Waals surface area contributed by atoms with E-state index in [0.29, 0.717) is 0 Å². The molecular weight excluding hydrogens is 300 g/mol. The smallest absolute Gasteiger partial charge is 0.323 e. The maximum atomic E-state index is 12.6. The van der Waals surface area contributed by atoms with E-state index in [2.05, 4.69) is 0 Å². The Labute approximate surface area is 139 Å². The van der Waals surface area contributed by atoms with Crippen LogP contribution in [0.2, 0.25) is 0 Å². The summed E-state index contributed by atoms with van der Waals surface area (Å²) >= 11 is 0. The molecule has 2 aliphatic rings. The van der Waals surface area contributed by atoms with Crippen molar-refractivity contribution in [3.63, 3.8) is 0 Å². The first kappa shape index (κ1) is 16.7. The molecule has 132 valence electrons. The third-order valence-electron chi connectivity index (χ3n) is 4.56. The van der Waals surface area contributed by atoms with E-state index in [1.807, 2.05) is 13.8 Å². The fraction of sp³-hybridized carbons (Fsp3) is 0.882. The molecule has 2 rings (SSSR count). The largest absolute Gasteiger partial charge is 0.465 e. The van der Waals surface area contributed by atoms with Crippen LogP contribution >= 0.6 is 0 Å². The monoisotopic (exact) mass is 329 g/mol. The van der Waals surface area contributed by atoms with Crippen molar-refractivity contribution in [2.75, 3.05) is 13.2 Å². The number of carbonyl (C=O) groups is 2. The molecule has 0 N–H and O–H groups in total. The van der Waals surface area contributed by atoms with Gasteiger partial charge in [-0.25, -0.2) is 0 Å². The van der Waals surface area contributed by atoms with Crippen LogP contribution in [0.3, 0.4) is 0 Å². The molecule has 1 saturated heterocycles. The van der Waals surface area contributed by atoms with Crippen LogP contribution in [-0.2, 0) is 28.5 Å². The van der Waals surface area contributed by atoms with E-state index in [9.17, 15) is 9.59 Å². The lowest BCUT2D eigenvalue weighted by molar-refractivity contribution is -0.326. The number of hydrogen-bond donors (Lipinski definition) is 0. The van der Waals surface area contributed by atoms with Crippen LogP contribution in [0.15, 0.2) is 0 Å².